The van der Waals surface area contributed by atoms with Gasteiger partial charge >= 0.3 is 0 Å². The van der Waals surface area contributed by atoms with Gasteiger partial charge in [0.15, 0.2) is 0 Å². The smallest absolute Gasteiger partial charge is 0.248 e. The normalized spacial score (nSPS) is 10.8. The molecule has 102 valence electrons. The van der Waals surface area contributed by atoms with Gasteiger partial charge < -0.3 is 5.32 Å². The predicted octanol–water partition coefficient (Wildman–Crippen LogP) is 5.06. The maximum atomic E-state index is 11.9. The van der Waals surface area contributed by atoms with Crippen molar-refractivity contribution in [2.45, 2.75) is 6.92 Å². The zero-order valence-corrected chi connectivity index (χ0v) is 13.2. The van der Waals surface area contributed by atoms with E-state index in [4.69, 9.17) is 11.6 Å². The van der Waals surface area contributed by atoms with Crippen molar-refractivity contribution in [2.24, 2.45) is 0 Å². The van der Waals surface area contributed by atoms with Crippen LogP contribution in [-0.4, -0.2) is 5.91 Å². The zero-order chi connectivity index (χ0) is 14.5. The zero-order valence-electron chi connectivity index (χ0n) is 10.9. The van der Waals surface area contributed by atoms with Crippen LogP contribution in [0.3, 0.4) is 0 Å². The van der Waals surface area contributed by atoms with Crippen LogP contribution in [0.15, 0.2) is 53.0 Å². The van der Waals surface area contributed by atoms with E-state index < -0.39 is 0 Å². The molecule has 2 nitrogen and oxygen atoms in total. The number of hydrogen-bond acceptors (Lipinski definition) is 1. The molecular weight excluding hydrogens is 338 g/mol. The Morgan fingerprint density at radius 2 is 1.90 bits per heavy atom. The van der Waals surface area contributed by atoms with E-state index in [-0.39, 0.29) is 5.91 Å². The molecule has 2 rings (SSSR count). The number of carbonyl (C=O) groups is 1. The minimum Gasteiger partial charge on any atom is -0.322 e. The minimum absolute atomic E-state index is 0.182. The van der Waals surface area contributed by atoms with Crippen LogP contribution in [0.2, 0.25) is 5.02 Å². The van der Waals surface area contributed by atoms with E-state index in [1.807, 2.05) is 43.3 Å². The van der Waals surface area contributed by atoms with Gasteiger partial charge in [-0.1, -0.05) is 45.7 Å². The van der Waals surface area contributed by atoms with Gasteiger partial charge in [0.25, 0.3) is 0 Å². The summed E-state index contributed by atoms with van der Waals surface area (Å²) >= 11 is 9.38. The second-order valence-electron chi connectivity index (χ2n) is 4.29. The van der Waals surface area contributed by atoms with Gasteiger partial charge in [0.05, 0.1) is 0 Å². The summed E-state index contributed by atoms with van der Waals surface area (Å²) in [7, 11) is 0. The largest absolute Gasteiger partial charge is 0.322 e. The number of benzene rings is 2. The molecule has 0 spiro atoms. The quantitative estimate of drug-likeness (QED) is 0.770. The molecule has 0 saturated heterocycles. The molecule has 0 fully saturated rings. The van der Waals surface area contributed by atoms with Crippen molar-refractivity contribution >= 4 is 45.2 Å². The van der Waals surface area contributed by atoms with E-state index in [1.165, 1.54) is 6.08 Å². The van der Waals surface area contributed by atoms with E-state index in [0.717, 1.165) is 21.3 Å². The maximum Gasteiger partial charge on any atom is 0.248 e. The average molecular weight is 351 g/mol. The second kappa shape index (κ2) is 6.73. The highest BCUT2D eigenvalue weighted by molar-refractivity contribution is 9.10. The Bertz CT molecular complexity index is 650. The Hall–Kier alpha value is -1.58. The van der Waals surface area contributed by atoms with Gasteiger partial charge in [-0.3, -0.25) is 4.79 Å². The van der Waals surface area contributed by atoms with Crippen molar-refractivity contribution in [1.82, 2.24) is 0 Å². The first-order valence-electron chi connectivity index (χ1n) is 6.06. The van der Waals surface area contributed by atoms with E-state index in [1.54, 1.807) is 12.1 Å². The van der Waals surface area contributed by atoms with Gasteiger partial charge in [-0.2, -0.15) is 0 Å². The number of nitrogens with one attached hydrogen (secondary N) is 1. The lowest BCUT2D eigenvalue weighted by atomic mass is 10.2. The van der Waals surface area contributed by atoms with Gasteiger partial charge in [0.1, 0.15) is 0 Å². The Morgan fingerprint density at radius 1 is 1.20 bits per heavy atom. The van der Waals surface area contributed by atoms with Crippen LogP contribution in [0.25, 0.3) is 6.08 Å². The molecule has 0 aliphatic carbocycles. The summed E-state index contributed by atoms with van der Waals surface area (Å²) < 4.78 is 1.01. The van der Waals surface area contributed by atoms with Crippen molar-refractivity contribution in [3.05, 3.63) is 69.2 Å². The van der Waals surface area contributed by atoms with Crippen LogP contribution in [0.4, 0.5) is 5.69 Å². The number of halogens is 2. The Morgan fingerprint density at radius 3 is 2.60 bits per heavy atom. The molecule has 1 amide bonds. The van der Waals surface area contributed by atoms with E-state index >= 15 is 0 Å². The van der Waals surface area contributed by atoms with Crippen LogP contribution in [0.1, 0.15) is 11.1 Å². The van der Waals surface area contributed by atoms with Gasteiger partial charge in [0, 0.05) is 21.3 Å². The average Bonchev–Trinajstić information content (AvgIpc) is 2.43. The lowest BCUT2D eigenvalue weighted by Crippen LogP contribution is -2.08. The van der Waals surface area contributed by atoms with Gasteiger partial charge in [-0.25, -0.2) is 0 Å². The monoisotopic (exact) mass is 349 g/mol. The topological polar surface area (TPSA) is 29.1 Å². The Balaban J connectivity index is 2.05. The Kier molecular flexibility index (Phi) is 4.99. The van der Waals surface area contributed by atoms with Crippen LogP contribution in [0, 0.1) is 6.92 Å². The van der Waals surface area contributed by atoms with Gasteiger partial charge in [-0.05, 0) is 48.4 Å². The van der Waals surface area contributed by atoms with Crippen LogP contribution >= 0.6 is 27.5 Å². The molecule has 2 aromatic carbocycles. The summed E-state index contributed by atoms with van der Waals surface area (Å²) in [4.78, 5) is 11.9. The van der Waals surface area contributed by atoms with Crippen LogP contribution in [-0.2, 0) is 4.79 Å². The second-order valence-corrected chi connectivity index (χ2v) is 5.61. The van der Waals surface area contributed by atoms with Crippen molar-refractivity contribution in [1.29, 1.82) is 0 Å². The molecule has 0 aliphatic heterocycles. The third-order valence-corrected chi connectivity index (χ3v) is 3.76. The summed E-state index contributed by atoms with van der Waals surface area (Å²) in [5.41, 5.74) is 2.55. The molecule has 2 aromatic rings. The molecule has 0 bridgehead atoms. The van der Waals surface area contributed by atoms with Crippen LogP contribution in [0.5, 0.6) is 0 Å². The first kappa shape index (κ1) is 14.8. The van der Waals surface area contributed by atoms with Crippen molar-refractivity contribution < 1.29 is 4.79 Å². The van der Waals surface area contributed by atoms with E-state index in [0.29, 0.717) is 5.02 Å². The van der Waals surface area contributed by atoms with Gasteiger partial charge in [-0.15, -0.1) is 0 Å². The molecule has 0 saturated carbocycles. The van der Waals surface area contributed by atoms with Crippen LogP contribution < -0.4 is 5.32 Å². The van der Waals surface area contributed by atoms with E-state index in [2.05, 4.69) is 21.2 Å². The number of rotatable bonds is 3. The molecular formula is C16H13BrClNO. The fraction of sp³-hybridized carbons (Fsp3) is 0.0625. The van der Waals surface area contributed by atoms with Crippen molar-refractivity contribution in [2.75, 3.05) is 5.32 Å². The maximum absolute atomic E-state index is 11.9. The fourth-order valence-corrected chi connectivity index (χ4v) is 2.10. The molecule has 20 heavy (non-hydrogen) atoms. The predicted molar refractivity (Wildman–Crippen MR) is 88.0 cm³/mol. The SMILES string of the molecule is Cc1c(Cl)cccc1NC(=O)/C=C/c1ccc(Br)cc1. The number of carbonyl (C=O) groups excluding carboxylic acids is 1. The Labute approximate surface area is 131 Å². The van der Waals surface area contributed by atoms with E-state index in [9.17, 15) is 4.79 Å². The highest BCUT2D eigenvalue weighted by atomic mass is 79.9. The summed E-state index contributed by atoms with van der Waals surface area (Å²) in [6, 6.07) is 13.1. The number of anilines is 1. The summed E-state index contributed by atoms with van der Waals surface area (Å²) in [5, 5.41) is 3.45. The fourth-order valence-electron chi connectivity index (χ4n) is 1.66. The summed E-state index contributed by atoms with van der Waals surface area (Å²) in [6.07, 6.45) is 3.27. The molecule has 4 heteroatoms. The number of amides is 1. The molecule has 0 radical (unpaired) electrons. The van der Waals surface area contributed by atoms with Gasteiger partial charge in [0.2, 0.25) is 5.91 Å². The lowest BCUT2D eigenvalue weighted by Gasteiger charge is -2.07. The van der Waals surface area contributed by atoms with Crippen molar-refractivity contribution in [3.8, 4) is 0 Å². The summed E-state index contributed by atoms with van der Waals surface area (Å²) in [5.74, 6) is -0.182. The first-order valence-corrected chi connectivity index (χ1v) is 7.23. The molecule has 0 heterocycles. The lowest BCUT2D eigenvalue weighted by molar-refractivity contribution is -0.111. The first-order chi connectivity index (χ1) is 9.56. The summed E-state index contributed by atoms with van der Waals surface area (Å²) in [6.45, 7) is 1.87. The molecule has 0 aromatic heterocycles. The number of hydrogen-bond donors (Lipinski definition) is 1. The highest BCUT2D eigenvalue weighted by Crippen LogP contribution is 2.22. The van der Waals surface area contributed by atoms with Crippen molar-refractivity contribution in [3.63, 3.8) is 0 Å². The molecule has 0 atom stereocenters. The third-order valence-electron chi connectivity index (χ3n) is 2.82. The minimum atomic E-state index is -0.182. The molecule has 0 aliphatic rings. The third kappa shape index (κ3) is 3.95. The highest BCUT2D eigenvalue weighted by Gasteiger charge is 2.04. The molecule has 1 N–H and O–H groups in total. The molecule has 0 unspecified atom stereocenters. The standard InChI is InChI=1S/C16H13BrClNO/c1-11-14(18)3-2-4-15(11)19-16(20)10-7-12-5-8-13(17)9-6-12/h2-10H,1H3,(H,19,20)/b10-7+.